The molecule has 0 aliphatic heterocycles. The van der Waals surface area contributed by atoms with Gasteiger partial charge in [-0.1, -0.05) is 0 Å². The standard InChI is InChI=1S/C17H28N4O5S/c1-10-9-14(26-5)11(2)12(3)15(10)27(24,25)21-17(18)20-8-6-7-13(19-4)16(22)23/h9,13,19H,6-8H2,1-5H3,(H,22,23)(H3,18,20,21). The normalized spacial score (nSPS) is 13.3. The molecule has 0 aliphatic carbocycles. The number of ether oxygens (including phenoxy) is 1. The molecule has 0 saturated heterocycles. The first kappa shape index (κ1) is 22.7. The number of benzene rings is 1. The molecule has 9 nitrogen and oxygen atoms in total. The van der Waals surface area contributed by atoms with Gasteiger partial charge >= 0.3 is 5.97 Å². The van der Waals surface area contributed by atoms with Gasteiger partial charge in [0.05, 0.1) is 12.0 Å². The van der Waals surface area contributed by atoms with Crippen LogP contribution in [0.3, 0.4) is 0 Å². The molecule has 0 radical (unpaired) electrons. The molecule has 0 fully saturated rings. The van der Waals surface area contributed by atoms with E-state index < -0.39 is 22.0 Å². The number of guanidine groups is 1. The van der Waals surface area contributed by atoms with E-state index >= 15 is 0 Å². The molecular weight excluding hydrogens is 372 g/mol. The first-order valence-corrected chi connectivity index (χ1v) is 9.91. The maximum Gasteiger partial charge on any atom is 0.320 e. The highest BCUT2D eigenvalue weighted by molar-refractivity contribution is 7.90. The molecule has 10 heteroatoms. The summed E-state index contributed by atoms with van der Waals surface area (Å²) in [7, 11) is -0.817. The summed E-state index contributed by atoms with van der Waals surface area (Å²) in [5, 5.41) is 11.6. The number of hydrogen-bond donors (Lipinski definition) is 4. The average molecular weight is 401 g/mol. The molecule has 27 heavy (non-hydrogen) atoms. The molecule has 5 N–H and O–H groups in total. The largest absolute Gasteiger partial charge is 0.496 e. The number of methoxy groups -OCH3 is 1. The van der Waals surface area contributed by atoms with Gasteiger partial charge in [0.25, 0.3) is 10.0 Å². The monoisotopic (exact) mass is 400 g/mol. The third-order valence-corrected chi connectivity index (χ3v) is 5.93. The summed E-state index contributed by atoms with van der Waals surface area (Å²) in [5.41, 5.74) is 7.54. The minimum atomic E-state index is -3.91. The number of nitrogens with one attached hydrogen (secondary N) is 2. The van der Waals surface area contributed by atoms with Gasteiger partial charge < -0.3 is 20.9 Å². The van der Waals surface area contributed by atoms with Crippen molar-refractivity contribution < 1.29 is 23.1 Å². The summed E-state index contributed by atoms with van der Waals surface area (Å²) in [6.45, 7) is 5.38. The number of aryl methyl sites for hydroxylation is 1. The molecule has 0 saturated carbocycles. The van der Waals surface area contributed by atoms with Gasteiger partial charge in [-0.15, -0.1) is 0 Å². The number of rotatable bonds is 9. The van der Waals surface area contributed by atoms with Crippen molar-refractivity contribution in [3.05, 3.63) is 22.8 Å². The van der Waals surface area contributed by atoms with Gasteiger partial charge in [0.15, 0.2) is 0 Å². The summed E-state index contributed by atoms with van der Waals surface area (Å²) in [6.07, 6.45) is 0.797. The van der Waals surface area contributed by atoms with Crippen LogP contribution in [0.4, 0.5) is 0 Å². The maximum absolute atomic E-state index is 12.7. The van der Waals surface area contributed by atoms with Crippen LogP contribution in [0.15, 0.2) is 16.0 Å². The van der Waals surface area contributed by atoms with E-state index in [9.17, 15) is 13.2 Å². The first-order chi connectivity index (χ1) is 12.5. The van der Waals surface area contributed by atoms with Crippen LogP contribution in [0, 0.1) is 20.8 Å². The number of nitrogens with zero attached hydrogens (tertiary/aromatic N) is 1. The van der Waals surface area contributed by atoms with Crippen molar-refractivity contribution in [1.82, 2.24) is 10.0 Å². The number of nitrogens with two attached hydrogens (primary N) is 1. The molecule has 1 aromatic carbocycles. The summed E-state index contributed by atoms with van der Waals surface area (Å²) >= 11 is 0. The predicted molar refractivity (Wildman–Crippen MR) is 104 cm³/mol. The Morgan fingerprint density at radius 3 is 2.48 bits per heavy atom. The smallest absolute Gasteiger partial charge is 0.320 e. The predicted octanol–water partition coefficient (Wildman–Crippen LogP) is 0.666. The van der Waals surface area contributed by atoms with Crippen molar-refractivity contribution in [3.63, 3.8) is 0 Å². The van der Waals surface area contributed by atoms with E-state index in [1.54, 1.807) is 33.9 Å². The van der Waals surface area contributed by atoms with Crippen LogP contribution in [0.1, 0.15) is 29.5 Å². The molecular formula is C17H28N4O5S. The zero-order valence-electron chi connectivity index (χ0n) is 16.3. The zero-order valence-corrected chi connectivity index (χ0v) is 17.1. The molecule has 1 rings (SSSR count). The lowest BCUT2D eigenvalue weighted by Crippen LogP contribution is -2.38. The van der Waals surface area contributed by atoms with Gasteiger partial charge in [-0.05, 0) is 63.4 Å². The van der Waals surface area contributed by atoms with Crippen molar-refractivity contribution in [1.29, 1.82) is 0 Å². The molecule has 0 heterocycles. The maximum atomic E-state index is 12.7. The second-order valence-electron chi connectivity index (χ2n) is 6.17. The number of likely N-dealkylation sites (N-methyl/N-ethyl adjacent to an activating group) is 1. The number of aliphatic imine (C=N–C) groups is 1. The molecule has 0 aliphatic rings. The molecule has 0 aromatic heterocycles. The van der Waals surface area contributed by atoms with Gasteiger partial charge in [0, 0.05) is 6.54 Å². The third-order valence-electron chi connectivity index (χ3n) is 4.29. The van der Waals surface area contributed by atoms with Gasteiger partial charge in [0.1, 0.15) is 11.8 Å². The second-order valence-corrected chi connectivity index (χ2v) is 7.79. The van der Waals surface area contributed by atoms with Crippen LogP contribution in [0.25, 0.3) is 0 Å². The quantitative estimate of drug-likeness (QED) is 0.271. The van der Waals surface area contributed by atoms with Crippen molar-refractivity contribution in [3.8, 4) is 5.75 Å². The summed E-state index contributed by atoms with van der Waals surface area (Å²) in [4.78, 5) is 15.0. The van der Waals surface area contributed by atoms with E-state index in [1.165, 1.54) is 7.11 Å². The molecule has 1 aromatic rings. The Labute approximate surface area is 160 Å². The van der Waals surface area contributed by atoms with E-state index in [0.717, 1.165) is 5.56 Å². The molecule has 0 spiro atoms. The van der Waals surface area contributed by atoms with E-state index in [2.05, 4.69) is 15.0 Å². The van der Waals surface area contributed by atoms with Crippen LogP contribution < -0.4 is 20.5 Å². The third kappa shape index (κ3) is 5.83. The van der Waals surface area contributed by atoms with Gasteiger partial charge in [-0.3, -0.25) is 9.79 Å². The van der Waals surface area contributed by atoms with Crippen molar-refractivity contribution in [2.75, 3.05) is 20.7 Å². The highest BCUT2D eigenvalue weighted by Gasteiger charge is 2.23. The van der Waals surface area contributed by atoms with E-state index in [1.807, 2.05) is 0 Å². The highest BCUT2D eigenvalue weighted by Crippen LogP contribution is 2.30. The zero-order chi connectivity index (χ0) is 20.8. The lowest BCUT2D eigenvalue weighted by atomic mass is 10.1. The average Bonchev–Trinajstić information content (AvgIpc) is 2.57. The van der Waals surface area contributed by atoms with E-state index in [4.69, 9.17) is 15.6 Å². The van der Waals surface area contributed by atoms with E-state index in [-0.39, 0.29) is 17.4 Å². The molecule has 1 unspecified atom stereocenters. The Morgan fingerprint density at radius 2 is 1.96 bits per heavy atom. The highest BCUT2D eigenvalue weighted by atomic mass is 32.2. The van der Waals surface area contributed by atoms with Crippen molar-refractivity contribution >= 4 is 22.0 Å². The van der Waals surface area contributed by atoms with Crippen molar-refractivity contribution in [2.45, 2.75) is 44.6 Å². The Balaban J connectivity index is 2.89. The first-order valence-electron chi connectivity index (χ1n) is 8.42. The number of carboxylic acid groups (broad SMARTS) is 1. The Hall–Kier alpha value is -2.33. The minimum Gasteiger partial charge on any atom is -0.496 e. The van der Waals surface area contributed by atoms with Crippen LogP contribution in [-0.2, 0) is 14.8 Å². The minimum absolute atomic E-state index is 0.139. The fourth-order valence-electron chi connectivity index (χ4n) is 2.75. The van der Waals surface area contributed by atoms with Crippen molar-refractivity contribution in [2.24, 2.45) is 10.7 Å². The summed E-state index contributed by atoms with van der Waals surface area (Å²) < 4.78 is 33.0. The van der Waals surface area contributed by atoms with Crippen LogP contribution in [-0.4, -0.2) is 52.2 Å². The fourth-order valence-corrected chi connectivity index (χ4v) is 4.23. The summed E-state index contributed by atoms with van der Waals surface area (Å²) in [6, 6.07) is 0.985. The number of sulfonamides is 1. The number of carboxylic acids is 1. The van der Waals surface area contributed by atoms with Crippen LogP contribution in [0.2, 0.25) is 0 Å². The lowest BCUT2D eigenvalue weighted by molar-refractivity contribution is -0.139. The second kappa shape index (κ2) is 9.56. The number of hydrogen-bond acceptors (Lipinski definition) is 6. The molecule has 0 amide bonds. The SMILES string of the molecule is CNC(CCCN=C(N)NS(=O)(=O)c1c(C)cc(OC)c(C)c1C)C(=O)O. The van der Waals surface area contributed by atoms with Gasteiger partial charge in [0.2, 0.25) is 5.96 Å². The molecule has 152 valence electrons. The van der Waals surface area contributed by atoms with Gasteiger partial charge in [-0.25, -0.2) is 13.1 Å². The molecule has 1 atom stereocenters. The molecule has 0 bridgehead atoms. The Morgan fingerprint density at radius 1 is 1.33 bits per heavy atom. The fraction of sp³-hybridized carbons (Fsp3) is 0.529. The van der Waals surface area contributed by atoms with E-state index in [0.29, 0.717) is 29.7 Å². The lowest BCUT2D eigenvalue weighted by Gasteiger charge is -2.17. The topological polar surface area (TPSA) is 143 Å². The number of carbonyl (C=O) groups is 1. The van der Waals surface area contributed by atoms with Crippen LogP contribution in [0.5, 0.6) is 5.75 Å². The van der Waals surface area contributed by atoms with Gasteiger partial charge in [-0.2, -0.15) is 0 Å². The number of aliphatic carboxylic acids is 1. The summed E-state index contributed by atoms with van der Waals surface area (Å²) in [5.74, 6) is -0.572. The Bertz CT molecular complexity index is 821. The van der Waals surface area contributed by atoms with Crippen LogP contribution >= 0.6 is 0 Å². The Kier molecular flexibility index (Phi) is 8.04.